The van der Waals surface area contributed by atoms with Gasteiger partial charge in [-0.15, -0.1) is 13.2 Å². The molecule has 2 heterocycles. The maximum absolute atomic E-state index is 13.0. The van der Waals surface area contributed by atoms with Gasteiger partial charge in [0.15, 0.2) is 0 Å². The summed E-state index contributed by atoms with van der Waals surface area (Å²) >= 11 is 0. The fourth-order valence-corrected chi connectivity index (χ4v) is 5.37. The lowest BCUT2D eigenvalue weighted by Crippen LogP contribution is -2.35. The molecule has 7 nitrogen and oxygen atoms in total. The largest absolute Gasteiger partial charge is 0.335 e. The second kappa shape index (κ2) is 9.57. The first-order valence-electron chi connectivity index (χ1n) is 10.3. The van der Waals surface area contributed by atoms with Crippen molar-refractivity contribution in [1.29, 1.82) is 0 Å². The Morgan fingerprint density at radius 3 is 2.47 bits per heavy atom. The predicted molar refractivity (Wildman–Crippen MR) is 119 cm³/mol. The molecule has 8 heteroatoms. The number of carbonyl (C=O) groups excluding carboxylic acids is 1. The van der Waals surface area contributed by atoms with E-state index in [9.17, 15) is 13.2 Å². The summed E-state index contributed by atoms with van der Waals surface area (Å²) in [5, 5.41) is 0. The monoisotopic (exact) mass is 430 g/mol. The molecule has 0 N–H and O–H groups in total. The number of aryl methyl sites for hydroxylation is 2. The van der Waals surface area contributed by atoms with Gasteiger partial charge >= 0.3 is 0 Å². The van der Waals surface area contributed by atoms with E-state index in [2.05, 4.69) is 18.1 Å². The Morgan fingerprint density at radius 1 is 1.17 bits per heavy atom. The number of sulfonamides is 1. The maximum atomic E-state index is 13.0. The minimum atomic E-state index is -3.50. The Morgan fingerprint density at radius 2 is 1.83 bits per heavy atom. The highest BCUT2D eigenvalue weighted by atomic mass is 32.2. The van der Waals surface area contributed by atoms with Crippen molar-refractivity contribution in [1.82, 2.24) is 18.8 Å². The van der Waals surface area contributed by atoms with Crippen molar-refractivity contribution in [2.45, 2.75) is 37.0 Å². The van der Waals surface area contributed by atoms with E-state index in [1.165, 1.54) is 0 Å². The van der Waals surface area contributed by atoms with E-state index in [0.717, 1.165) is 30.6 Å². The van der Waals surface area contributed by atoms with Crippen LogP contribution in [0.2, 0.25) is 0 Å². The molecule has 0 aliphatic carbocycles. The molecule has 1 aliphatic rings. The number of fused-ring (bicyclic) bond motifs is 1. The molecule has 0 unspecified atom stereocenters. The number of nitrogens with zero attached hydrogens (tertiary/aromatic N) is 4. The number of hydrogen-bond donors (Lipinski definition) is 0. The SMILES string of the molecule is C=CCN(CC=C)C(=O)CCc1nc2cc(S(=O)(=O)N3CCCCC3)ccc2n1C. The Labute approximate surface area is 178 Å². The van der Waals surface area contributed by atoms with Crippen LogP contribution in [0.25, 0.3) is 11.0 Å². The van der Waals surface area contributed by atoms with E-state index in [4.69, 9.17) is 0 Å². The highest BCUT2D eigenvalue weighted by molar-refractivity contribution is 7.89. The Bertz CT molecular complexity index is 1030. The fourth-order valence-electron chi connectivity index (χ4n) is 3.83. The van der Waals surface area contributed by atoms with Gasteiger partial charge in [-0.05, 0) is 31.0 Å². The Hall–Kier alpha value is -2.45. The van der Waals surface area contributed by atoms with Crippen molar-refractivity contribution in [3.8, 4) is 0 Å². The van der Waals surface area contributed by atoms with Gasteiger partial charge in [0.25, 0.3) is 0 Å². The molecule has 0 saturated carbocycles. The van der Waals surface area contributed by atoms with Crippen LogP contribution in [0.4, 0.5) is 0 Å². The van der Waals surface area contributed by atoms with Gasteiger partial charge in [0.2, 0.25) is 15.9 Å². The quantitative estimate of drug-likeness (QED) is 0.573. The average molecular weight is 431 g/mol. The summed E-state index contributed by atoms with van der Waals surface area (Å²) in [6.45, 7) is 9.48. The van der Waals surface area contributed by atoms with Crippen LogP contribution < -0.4 is 0 Å². The van der Waals surface area contributed by atoms with E-state index < -0.39 is 10.0 Å². The topological polar surface area (TPSA) is 75.5 Å². The summed E-state index contributed by atoms with van der Waals surface area (Å²) in [4.78, 5) is 19.1. The minimum Gasteiger partial charge on any atom is -0.335 e. The highest BCUT2D eigenvalue weighted by Crippen LogP contribution is 2.25. The van der Waals surface area contributed by atoms with Crippen LogP contribution in [0, 0.1) is 0 Å². The van der Waals surface area contributed by atoms with Gasteiger partial charge in [-0.3, -0.25) is 4.79 Å². The highest BCUT2D eigenvalue weighted by Gasteiger charge is 2.26. The Balaban J connectivity index is 1.79. The van der Waals surface area contributed by atoms with Gasteiger partial charge in [0.05, 0.1) is 15.9 Å². The lowest BCUT2D eigenvalue weighted by Gasteiger charge is -2.25. The molecule has 1 amide bonds. The second-order valence-corrected chi connectivity index (χ2v) is 9.52. The molecule has 1 aliphatic heterocycles. The number of piperidine rings is 1. The minimum absolute atomic E-state index is 0.00946. The van der Waals surface area contributed by atoms with Crippen molar-refractivity contribution < 1.29 is 13.2 Å². The van der Waals surface area contributed by atoms with Crippen LogP contribution in [0.1, 0.15) is 31.5 Å². The van der Waals surface area contributed by atoms with E-state index in [1.54, 1.807) is 39.6 Å². The molecule has 2 aromatic rings. The first-order chi connectivity index (χ1) is 14.4. The molecule has 1 aromatic heterocycles. The third-order valence-corrected chi connectivity index (χ3v) is 7.41. The first-order valence-corrected chi connectivity index (χ1v) is 11.8. The van der Waals surface area contributed by atoms with E-state index in [0.29, 0.717) is 44.5 Å². The van der Waals surface area contributed by atoms with Crippen molar-refractivity contribution in [2.75, 3.05) is 26.2 Å². The summed E-state index contributed by atoms with van der Waals surface area (Å²) < 4.78 is 29.4. The van der Waals surface area contributed by atoms with Gasteiger partial charge in [0, 0.05) is 46.1 Å². The molecule has 0 spiro atoms. The van der Waals surface area contributed by atoms with Crippen molar-refractivity contribution in [2.24, 2.45) is 7.05 Å². The van der Waals surface area contributed by atoms with Crippen LogP contribution in [-0.4, -0.2) is 59.3 Å². The fraction of sp³-hybridized carbons (Fsp3) is 0.455. The molecule has 1 saturated heterocycles. The molecule has 0 bridgehead atoms. The summed E-state index contributed by atoms with van der Waals surface area (Å²) in [6, 6.07) is 5.09. The molecule has 1 aromatic carbocycles. The molecule has 1 fully saturated rings. The molecule has 3 rings (SSSR count). The van der Waals surface area contributed by atoms with Crippen molar-refractivity contribution >= 4 is 27.0 Å². The molecule has 30 heavy (non-hydrogen) atoms. The zero-order valence-corrected chi connectivity index (χ0v) is 18.4. The normalized spacial score (nSPS) is 15.2. The van der Waals surface area contributed by atoms with Crippen LogP contribution in [-0.2, 0) is 28.3 Å². The van der Waals surface area contributed by atoms with Crippen LogP contribution >= 0.6 is 0 Å². The average Bonchev–Trinajstić information content (AvgIpc) is 3.07. The number of hydrogen-bond acceptors (Lipinski definition) is 4. The van der Waals surface area contributed by atoms with Gasteiger partial charge in [-0.25, -0.2) is 13.4 Å². The summed E-state index contributed by atoms with van der Waals surface area (Å²) in [5.41, 5.74) is 1.48. The molecular weight excluding hydrogens is 400 g/mol. The van der Waals surface area contributed by atoms with E-state index in [-0.39, 0.29) is 10.8 Å². The number of imidazole rings is 1. The van der Waals surface area contributed by atoms with Gasteiger partial charge in [-0.2, -0.15) is 4.31 Å². The second-order valence-electron chi connectivity index (χ2n) is 7.58. The van der Waals surface area contributed by atoms with Gasteiger partial charge < -0.3 is 9.47 Å². The standard InChI is InChI=1S/C22H30N4O3S/c1-4-13-25(14-5-2)22(27)12-11-21-23-19-17-18(9-10-20(19)24(21)3)30(28,29)26-15-7-6-8-16-26/h4-5,9-10,17H,1-2,6-8,11-16H2,3H3. The Kier molecular flexibility index (Phi) is 7.10. The number of rotatable bonds is 9. The molecule has 162 valence electrons. The van der Waals surface area contributed by atoms with Crippen LogP contribution in [0.15, 0.2) is 48.4 Å². The molecular formula is C22H30N4O3S. The first kappa shape index (κ1) is 22.2. The third-order valence-electron chi connectivity index (χ3n) is 5.51. The summed E-state index contributed by atoms with van der Waals surface area (Å²) in [5.74, 6) is 0.762. The predicted octanol–water partition coefficient (Wildman–Crippen LogP) is 2.88. The molecule has 0 radical (unpaired) electrons. The lowest BCUT2D eigenvalue weighted by molar-refractivity contribution is -0.130. The number of amides is 1. The summed E-state index contributed by atoms with van der Waals surface area (Å²) in [6.07, 6.45) is 7.06. The van der Waals surface area contributed by atoms with Crippen molar-refractivity contribution in [3.63, 3.8) is 0 Å². The number of aromatic nitrogens is 2. The maximum Gasteiger partial charge on any atom is 0.243 e. The van der Waals surface area contributed by atoms with Crippen LogP contribution in [0.5, 0.6) is 0 Å². The molecule has 0 atom stereocenters. The zero-order chi connectivity index (χ0) is 21.7. The zero-order valence-electron chi connectivity index (χ0n) is 17.6. The smallest absolute Gasteiger partial charge is 0.243 e. The number of carbonyl (C=O) groups is 1. The van der Waals surface area contributed by atoms with E-state index in [1.807, 2.05) is 11.6 Å². The lowest BCUT2D eigenvalue weighted by atomic mass is 10.2. The van der Waals surface area contributed by atoms with Crippen LogP contribution in [0.3, 0.4) is 0 Å². The van der Waals surface area contributed by atoms with E-state index >= 15 is 0 Å². The van der Waals surface area contributed by atoms with Crippen molar-refractivity contribution in [3.05, 3.63) is 49.3 Å². The van der Waals surface area contributed by atoms with Gasteiger partial charge in [0.1, 0.15) is 5.82 Å². The number of benzene rings is 1. The third kappa shape index (κ3) is 4.65. The summed E-state index contributed by atoms with van der Waals surface area (Å²) in [7, 11) is -1.61. The van der Waals surface area contributed by atoms with Gasteiger partial charge in [-0.1, -0.05) is 18.6 Å².